The van der Waals surface area contributed by atoms with Crippen molar-refractivity contribution in [3.63, 3.8) is 0 Å². The van der Waals surface area contributed by atoms with E-state index in [4.69, 9.17) is 25.6 Å². The summed E-state index contributed by atoms with van der Waals surface area (Å²) in [7, 11) is -3.02. The van der Waals surface area contributed by atoms with Gasteiger partial charge in [-0.3, -0.25) is 14.1 Å². The van der Waals surface area contributed by atoms with Gasteiger partial charge < -0.3 is 26.1 Å². The fourth-order valence-electron chi connectivity index (χ4n) is 4.93. The van der Waals surface area contributed by atoms with Gasteiger partial charge in [0.1, 0.15) is 25.1 Å². The minimum absolute atomic E-state index is 0.0194. The van der Waals surface area contributed by atoms with Gasteiger partial charge in [-0.05, 0) is 50.1 Å². The van der Waals surface area contributed by atoms with E-state index in [1.54, 1.807) is 12.1 Å². The van der Waals surface area contributed by atoms with Gasteiger partial charge in [0.2, 0.25) is 0 Å². The Bertz CT molecular complexity index is 1810. The van der Waals surface area contributed by atoms with Crippen LogP contribution >= 0.6 is 11.3 Å². The van der Waals surface area contributed by atoms with Gasteiger partial charge in [0, 0.05) is 29.9 Å². The van der Waals surface area contributed by atoms with Crippen LogP contribution in [0, 0.1) is 11.8 Å². The molecular formula is C30H37N6O10S2+. The summed E-state index contributed by atoms with van der Waals surface area (Å²) in [5, 5.41) is 15.5. The first-order chi connectivity index (χ1) is 22.5. The molecule has 48 heavy (non-hydrogen) atoms. The van der Waals surface area contributed by atoms with Crippen LogP contribution in [0.3, 0.4) is 0 Å². The molecule has 4 rings (SSSR count). The highest BCUT2D eigenvalue weighted by molar-refractivity contribution is 7.80. The van der Waals surface area contributed by atoms with Gasteiger partial charge in [-0.1, -0.05) is 24.2 Å². The summed E-state index contributed by atoms with van der Waals surface area (Å²) in [6.45, 7) is 5.08. The van der Waals surface area contributed by atoms with Crippen LogP contribution in [-0.2, 0) is 47.4 Å². The molecule has 258 valence electrons. The second-order valence-corrected chi connectivity index (χ2v) is 13.7. The number of benzene rings is 1. The smallest absolute Gasteiger partial charge is 0.418 e. The lowest BCUT2D eigenvalue weighted by atomic mass is 9.74. The molecule has 2 aromatic heterocycles. The first kappa shape index (κ1) is 36.3. The number of ether oxygens (including phenoxy) is 1. The van der Waals surface area contributed by atoms with Crippen molar-refractivity contribution in [2.24, 2.45) is 29.8 Å². The number of rotatable bonds is 16. The Morgan fingerprint density at radius 3 is 2.40 bits per heavy atom. The summed E-state index contributed by atoms with van der Waals surface area (Å²) in [5.74, 6) is -3.43. The fourth-order valence-corrected chi connectivity index (χ4v) is 5.93. The predicted octanol–water partition coefficient (Wildman–Crippen LogP) is 1.54. The standard InChI is InChI=1S/C30H36N6O10S2/c1-17(13-31)11-20-8-5-19(14-35(20)4)18-6-9-21(10-7-18)44-15-25(28(39)40)45-34-26(23-16-47-29(32)33-23)24(37)12-22-27(38)36(30(22,2)3)46-48(41,42)43/h5-10,14,16-17,22,25H,11-13,15,31H2,1-4H3,(H3-,32,33,39,40,41,42,43)/p+1/b34-26-/t17?,22-,25?/m1/s1. The number of hydrogen-bond acceptors (Lipinski definition) is 13. The maximum Gasteiger partial charge on any atom is 0.418 e. The Hall–Kier alpha value is -4.49. The van der Waals surface area contributed by atoms with E-state index in [0.717, 1.165) is 34.6 Å². The summed E-state index contributed by atoms with van der Waals surface area (Å²) in [6.07, 6.45) is 0.730. The number of Topliss-reactive ketones (excluding diaryl/α,β-unsaturated/α-hetero) is 1. The van der Waals surface area contributed by atoms with Gasteiger partial charge in [0.15, 0.2) is 28.5 Å². The number of hydroxylamine groups is 2. The third-order valence-electron chi connectivity index (χ3n) is 7.80. The van der Waals surface area contributed by atoms with Crippen LogP contribution in [0.5, 0.6) is 5.75 Å². The van der Waals surface area contributed by atoms with Crippen LogP contribution in [0.2, 0.25) is 0 Å². The number of nitrogen functional groups attached to an aromatic ring is 1. The average molecular weight is 706 g/mol. The van der Waals surface area contributed by atoms with E-state index in [9.17, 15) is 27.9 Å². The topological polar surface area (TPSA) is 238 Å². The molecule has 0 saturated carbocycles. The van der Waals surface area contributed by atoms with E-state index in [0.29, 0.717) is 23.3 Å². The van der Waals surface area contributed by atoms with E-state index in [1.807, 2.05) is 31.4 Å². The van der Waals surface area contributed by atoms with Crippen LogP contribution in [0.4, 0.5) is 5.13 Å². The number of amides is 1. The number of nitrogens with two attached hydrogens (primary N) is 2. The number of carbonyl (C=O) groups excluding carboxylic acids is 2. The highest BCUT2D eigenvalue weighted by Gasteiger charge is 2.57. The van der Waals surface area contributed by atoms with Crippen molar-refractivity contribution in [3.8, 4) is 16.9 Å². The molecule has 1 aliphatic rings. The molecule has 1 amide bonds. The molecule has 6 N–H and O–H groups in total. The van der Waals surface area contributed by atoms with Crippen LogP contribution < -0.4 is 20.8 Å². The summed E-state index contributed by atoms with van der Waals surface area (Å²) in [6, 6.07) is 11.1. The second kappa shape index (κ2) is 14.7. The zero-order valence-electron chi connectivity index (χ0n) is 26.6. The van der Waals surface area contributed by atoms with E-state index in [2.05, 4.69) is 32.0 Å². The molecule has 1 aromatic carbocycles. The number of carbonyl (C=O) groups is 3. The van der Waals surface area contributed by atoms with Crippen molar-refractivity contribution in [1.82, 2.24) is 10.0 Å². The monoisotopic (exact) mass is 705 g/mol. The molecule has 16 nitrogen and oxygen atoms in total. The largest absolute Gasteiger partial charge is 0.489 e. The van der Waals surface area contributed by atoms with E-state index >= 15 is 0 Å². The predicted molar refractivity (Wildman–Crippen MR) is 173 cm³/mol. The molecular weight excluding hydrogens is 668 g/mol. The average Bonchev–Trinajstić information content (AvgIpc) is 3.46. The molecule has 3 atom stereocenters. The van der Waals surface area contributed by atoms with Gasteiger partial charge in [-0.2, -0.15) is 13.5 Å². The fraction of sp³-hybridized carbons (Fsp3) is 0.400. The van der Waals surface area contributed by atoms with Crippen molar-refractivity contribution < 1.29 is 50.9 Å². The third kappa shape index (κ3) is 8.70. The van der Waals surface area contributed by atoms with E-state index in [-0.39, 0.29) is 10.8 Å². The first-order valence-corrected chi connectivity index (χ1v) is 16.9. The maximum absolute atomic E-state index is 13.3. The van der Waals surface area contributed by atoms with E-state index < -0.39 is 64.4 Å². The Morgan fingerprint density at radius 2 is 1.85 bits per heavy atom. The minimum Gasteiger partial charge on any atom is -0.489 e. The van der Waals surface area contributed by atoms with Crippen molar-refractivity contribution in [2.75, 3.05) is 18.9 Å². The van der Waals surface area contributed by atoms with Crippen LogP contribution in [-0.4, -0.2) is 76.3 Å². The number of carboxylic acids is 1. The molecule has 0 radical (unpaired) electrons. The van der Waals surface area contributed by atoms with Gasteiger partial charge in [-0.15, -0.1) is 15.6 Å². The number of carboxylic acid groups (broad SMARTS) is 1. The Labute approximate surface area is 280 Å². The number of aromatic nitrogens is 2. The molecule has 1 saturated heterocycles. The van der Waals surface area contributed by atoms with Crippen molar-refractivity contribution >= 4 is 50.2 Å². The molecule has 3 aromatic rings. The van der Waals surface area contributed by atoms with Crippen molar-refractivity contribution in [2.45, 2.75) is 45.3 Å². The number of anilines is 1. The van der Waals surface area contributed by atoms with E-state index in [1.165, 1.54) is 19.2 Å². The molecule has 1 fully saturated rings. The van der Waals surface area contributed by atoms with Gasteiger partial charge in [0.05, 0.1) is 11.5 Å². The van der Waals surface area contributed by atoms with Crippen molar-refractivity contribution in [1.29, 1.82) is 0 Å². The number of aliphatic carboxylic acids is 1. The highest BCUT2D eigenvalue weighted by Crippen LogP contribution is 2.40. The Morgan fingerprint density at radius 1 is 1.19 bits per heavy atom. The normalized spacial score (nSPS) is 17.4. The molecule has 0 spiro atoms. The number of β-lactam (4-membered cyclic amide) rings is 1. The van der Waals surface area contributed by atoms with Crippen molar-refractivity contribution in [3.05, 3.63) is 59.4 Å². The lowest BCUT2D eigenvalue weighted by Gasteiger charge is -2.50. The molecule has 3 heterocycles. The number of aryl methyl sites for hydroxylation is 1. The first-order valence-electron chi connectivity index (χ1n) is 14.6. The van der Waals surface area contributed by atoms with Gasteiger partial charge in [0.25, 0.3) is 12.0 Å². The lowest BCUT2D eigenvalue weighted by molar-refractivity contribution is -0.679. The number of oxime groups is 1. The second-order valence-electron chi connectivity index (χ2n) is 11.8. The molecule has 0 aliphatic carbocycles. The molecule has 1 aliphatic heterocycles. The number of thiazole rings is 1. The molecule has 2 unspecified atom stereocenters. The van der Waals surface area contributed by atoms with Crippen LogP contribution in [0.25, 0.3) is 11.1 Å². The van der Waals surface area contributed by atoms with Crippen LogP contribution in [0.15, 0.2) is 53.1 Å². The molecule has 0 bridgehead atoms. The molecule has 18 heteroatoms. The number of nitrogens with zero attached hydrogens (tertiary/aromatic N) is 4. The summed E-state index contributed by atoms with van der Waals surface area (Å²) >= 11 is 0.989. The number of hydrogen-bond donors (Lipinski definition) is 4. The summed E-state index contributed by atoms with van der Waals surface area (Å²) in [5.41, 5.74) is 12.8. The van der Waals surface area contributed by atoms with Gasteiger partial charge in [-0.25, -0.2) is 14.3 Å². The summed E-state index contributed by atoms with van der Waals surface area (Å²) in [4.78, 5) is 47.2. The zero-order valence-corrected chi connectivity index (χ0v) is 28.2. The third-order valence-corrected chi connectivity index (χ3v) is 8.81. The quantitative estimate of drug-likeness (QED) is 0.0545. The minimum atomic E-state index is -4.99. The Kier molecular flexibility index (Phi) is 11.2. The number of pyridine rings is 1. The SMILES string of the molecule is CC(CN)Cc1ccc(-c2ccc(OCC(O/N=C(\C(=O)C[C@@H]3C(=O)N(OS(=O)(=O)O)C3(C)C)c3csc(N)n3)C(=O)O)cc2)c[n+]1C. The van der Waals surface area contributed by atoms with Gasteiger partial charge >= 0.3 is 16.4 Å². The Balaban J connectivity index is 1.44. The summed E-state index contributed by atoms with van der Waals surface area (Å²) < 4.78 is 43.3. The number of ketones is 1. The zero-order chi connectivity index (χ0) is 35.4. The maximum atomic E-state index is 13.3. The highest BCUT2D eigenvalue weighted by atomic mass is 32.3. The lowest BCUT2D eigenvalue weighted by Crippen LogP contribution is -2.68. The van der Waals surface area contributed by atoms with Crippen LogP contribution in [0.1, 0.15) is 38.6 Å².